The van der Waals surface area contributed by atoms with Crippen molar-refractivity contribution >= 4 is 5.91 Å². The molecule has 0 aliphatic carbocycles. The zero-order chi connectivity index (χ0) is 8.97. The lowest BCUT2D eigenvalue weighted by Crippen LogP contribution is -2.32. The fraction of sp³-hybridized carbons (Fsp3) is 0.444. The van der Waals surface area contributed by atoms with Crippen molar-refractivity contribution in [3.05, 3.63) is 24.5 Å². The second-order valence-corrected chi connectivity index (χ2v) is 2.70. The molecule has 66 valence electrons. The summed E-state index contributed by atoms with van der Waals surface area (Å²) in [5.41, 5.74) is 0. The summed E-state index contributed by atoms with van der Waals surface area (Å²) in [6.45, 7) is 6.04. The van der Waals surface area contributed by atoms with Crippen LogP contribution in [-0.2, 0) is 9.53 Å². The number of ether oxygens (including phenoxy) is 1. The predicted octanol–water partition coefficient (Wildman–Crippen LogP) is 0.981. The van der Waals surface area contributed by atoms with Crippen LogP contribution in [0.25, 0.3) is 0 Å². The molecule has 1 aliphatic heterocycles. The molecule has 12 heavy (non-hydrogen) atoms. The van der Waals surface area contributed by atoms with E-state index in [4.69, 9.17) is 4.74 Å². The van der Waals surface area contributed by atoms with Crippen molar-refractivity contribution in [1.29, 1.82) is 0 Å². The highest BCUT2D eigenvalue weighted by molar-refractivity contribution is 5.91. The maximum absolute atomic E-state index is 11.3. The third-order valence-corrected chi connectivity index (χ3v) is 1.64. The minimum atomic E-state index is -0.153. The second-order valence-electron chi connectivity index (χ2n) is 2.70. The van der Waals surface area contributed by atoms with Crippen LogP contribution >= 0.6 is 0 Å². The molecular weight excluding hydrogens is 154 g/mol. The number of carbonyl (C=O) groups is 1. The molecule has 1 amide bonds. The van der Waals surface area contributed by atoms with Gasteiger partial charge < -0.3 is 10.1 Å². The number of rotatable bonds is 3. The normalized spacial score (nSPS) is 17.6. The average Bonchev–Trinajstić information content (AvgIpc) is 2.56. The van der Waals surface area contributed by atoms with Gasteiger partial charge in [-0.05, 0) is 13.0 Å². The van der Waals surface area contributed by atoms with Gasteiger partial charge in [-0.25, -0.2) is 0 Å². The van der Waals surface area contributed by atoms with Crippen LogP contribution in [0.5, 0.6) is 0 Å². The average molecular weight is 167 g/mol. The van der Waals surface area contributed by atoms with E-state index in [9.17, 15) is 4.79 Å². The van der Waals surface area contributed by atoms with Crippen LogP contribution in [0.3, 0.4) is 0 Å². The van der Waals surface area contributed by atoms with Crippen LogP contribution in [0, 0.1) is 0 Å². The van der Waals surface area contributed by atoms with Crippen molar-refractivity contribution in [3.63, 3.8) is 0 Å². The molecule has 3 nitrogen and oxygen atoms in total. The first kappa shape index (κ1) is 8.84. The highest BCUT2D eigenvalue weighted by atomic mass is 16.5. The Bertz CT molecular complexity index is 221. The van der Waals surface area contributed by atoms with Crippen molar-refractivity contribution in [2.75, 3.05) is 6.61 Å². The maximum Gasteiger partial charge on any atom is 0.286 e. The molecule has 0 saturated heterocycles. The first-order valence-electron chi connectivity index (χ1n) is 4.00. The van der Waals surface area contributed by atoms with Crippen LogP contribution < -0.4 is 5.32 Å². The molecule has 1 unspecified atom stereocenters. The van der Waals surface area contributed by atoms with Gasteiger partial charge in [0.1, 0.15) is 0 Å². The summed E-state index contributed by atoms with van der Waals surface area (Å²) < 4.78 is 5.07. The molecule has 1 N–H and O–H groups in total. The van der Waals surface area contributed by atoms with E-state index in [1.165, 1.54) is 0 Å². The van der Waals surface area contributed by atoms with Gasteiger partial charge in [0, 0.05) is 12.5 Å². The lowest BCUT2D eigenvalue weighted by atomic mass is 10.3. The van der Waals surface area contributed by atoms with E-state index in [1.54, 1.807) is 12.2 Å². The van der Waals surface area contributed by atoms with Gasteiger partial charge in [0.25, 0.3) is 5.91 Å². The van der Waals surface area contributed by atoms with Crippen molar-refractivity contribution in [2.24, 2.45) is 0 Å². The van der Waals surface area contributed by atoms with Crippen LogP contribution in [0.2, 0.25) is 0 Å². The van der Waals surface area contributed by atoms with E-state index in [1.807, 2.05) is 6.92 Å². The summed E-state index contributed by atoms with van der Waals surface area (Å²) >= 11 is 0. The molecule has 0 fully saturated rings. The van der Waals surface area contributed by atoms with Crippen LogP contribution in [0.4, 0.5) is 0 Å². The number of amides is 1. The number of carbonyl (C=O) groups excluding carboxylic acids is 1. The van der Waals surface area contributed by atoms with Crippen LogP contribution in [-0.4, -0.2) is 18.6 Å². The topological polar surface area (TPSA) is 38.3 Å². The molecule has 0 aromatic rings. The van der Waals surface area contributed by atoms with E-state index in [2.05, 4.69) is 11.9 Å². The Kier molecular flexibility index (Phi) is 2.91. The standard InChI is InChI=1S/C9H13NO2/c1-3-7(2)10-9(11)8-5-4-6-12-8/h3,5,7H,1,4,6H2,2H3,(H,10,11). The van der Waals surface area contributed by atoms with Crippen LogP contribution in [0.15, 0.2) is 24.5 Å². The van der Waals surface area contributed by atoms with E-state index in [-0.39, 0.29) is 11.9 Å². The Morgan fingerprint density at radius 2 is 2.67 bits per heavy atom. The largest absolute Gasteiger partial charge is 0.488 e. The zero-order valence-corrected chi connectivity index (χ0v) is 7.17. The van der Waals surface area contributed by atoms with Gasteiger partial charge in [-0.3, -0.25) is 4.79 Å². The van der Waals surface area contributed by atoms with Crippen molar-refractivity contribution in [3.8, 4) is 0 Å². The Labute approximate surface area is 72.1 Å². The summed E-state index contributed by atoms with van der Waals surface area (Å²) in [5.74, 6) is 0.281. The summed E-state index contributed by atoms with van der Waals surface area (Å²) in [7, 11) is 0. The third-order valence-electron chi connectivity index (χ3n) is 1.64. The Hall–Kier alpha value is -1.25. The van der Waals surface area contributed by atoms with Gasteiger partial charge in [0.15, 0.2) is 5.76 Å². The van der Waals surface area contributed by atoms with Gasteiger partial charge in [0.2, 0.25) is 0 Å². The molecule has 3 heteroatoms. The molecular formula is C9H13NO2. The maximum atomic E-state index is 11.3. The lowest BCUT2D eigenvalue weighted by Gasteiger charge is -2.09. The van der Waals surface area contributed by atoms with Gasteiger partial charge in [-0.2, -0.15) is 0 Å². The molecule has 0 bridgehead atoms. The Morgan fingerprint density at radius 3 is 3.17 bits per heavy atom. The summed E-state index contributed by atoms with van der Waals surface area (Å²) in [5, 5.41) is 2.72. The Morgan fingerprint density at radius 1 is 1.92 bits per heavy atom. The van der Waals surface area contributed by atoms with Crippen molar-refractivity contribution in [1.82, 2.24) is 5.32 Å². The van der Waals surface area contributed by atoms with E-state index in [0.717, 1.165) is 6.42 Å². The summed E-state index contributed by atoms with van der Waals surface area (Å²) in [6.07, 6.45) is 4.30. The van der Waals surface area contributed by atoms with Gasteiger partial charge >= 0.3 is 0 Å². The molecule has 1 atom stereocenters. The van der Waals surface area contributed by atoms with E-state index >= 15 is 0 Å². The molecule has 0 aromatic carbocycles. The van der Waals surface area contributed by atoms with E-state index < -0.39 is 0 Å². The number of nitrogens with one attached hydrogen (secondary N) is 1. The minimum Gasteiger partial charge on any atom is -0.488 e. The van der Waals surface area contributed by atoms with Gasteiger partial charge in [-0.1, -0.05) is 6.08 Å². The highest BCUT2D eigenvalue weighted by Crippen LogP contribution is 2.08. The zero-order valence-electron chi connectivity index (χ0n) is 7.17. The fourth-order valence-electron chi connectivity index (χ4n) is 0.913. The summed E-state index contributed by atoms with van der Waals surface area (Å²) in [6, 6.07) is -0.0115. The van der Waals surface area contributed by atoms with Crippen molar-refractivity contribution in [2.45, 2.75) is 19.4 Å². The molecule has 0 spiro atoms. The first-order valence-corrected chi connectivity index (χ1v) is 4.00. The predicted molar refractivity (Wildman–Crippen MR) is 46.5 cm³/mol. The SMILES string of the molecule is C=CC(C)NC(=O)C1=CCCO1. The quantitative estimate of drug-likeness (QED) is 0.636. The molecule has 0 aromatic heterocycles. The minimum absolute atomic E-state index is 0.0115. The summed E-state index contributed by atoms with van der Waals surface area (Å²) in [4.78, 5) is 11.3. The molecule has 0 radical (unpaired) electrons. The first-order chi connectivity index (χ1) is 5.74. The second kappa shape index (κ2) is 3.95. The third kappa shape index (κ3) is 2.12. The monoisotopic (exact) mass is 167 g/mol. The van der Waals surface area contributed by atoms with Gasteiger partial charge in [0.05, 0.1) is 6.61 Å². The van der Waals surface area contributed by atoms with E-state index in [0.29, 0.717) is 12.4 Å². The highest BCUT2D eigenvalue weighted by Gasteiger charge is 2.15. The lowest BCUT2D eigenvalue weighted by molar-refractivity contribution is -0.120. The van der Waals surface area contributed by atoms with Gasteiger partial charge in [-0.15, -0.1) is 6.58 Å². The van der Waals surface area contributed by atoms with Crippen molar-refractivity contribution < 1.29 is 9.53 Å². The molecule has 1 rings (SSSR count). The molecule has 1 heterocycles. The number of hydrogen-bond acceptors (Lipinski definition) is 2. The molecule has 1 aliphatic rings. The smallest absolute Gasteiger partial charge is 0.286 e. The number of hydrogen-bond donors (Lipinski definition) is 1. The molecule has 0 saturated carbocycles. The Balaban J connectivity index is 2.42. The van der Waals surface area contributed by atoms with Crippen LogP contribution in [0.1, 0.15) is 13.3 Å². The fourth-order valence-corrected chi connectivity index (χ4v) is 0.913.